The molecule has 166 valence electrons. The van der Waals surface area contributed by atoms with E-state index in [1.165, 1.54) is 0 Å². The van der Waals surface area contributed by atoms with E-state index in [9.17, 15) is 9.59 Å². The molecule has 0 bridgehead atoms. The van der Waals surface area contributed by atoms with Crippen molar-refractivity contribution in [3.8, 4) is 11.5 Å². The fourth-order valence-corrected chi connectivity index (χ4v) is 3.88. The van der Waals surface area contributed by atoms with Crippen molar-refractivity contribution >= 4 is 11.9 Å². The Morgan fingerprint density at radius 3 is 2.42 bits per heavy atom. The molecule has 0 aliphatic carbocycles. The fraction of sp³-hybridized carbons (Fsp3) is 0.417. The molecule has 1 atom stereocenters. The molecule has 0 unspecified atom stereocenters. The van der Waals surface area contributed by atoms with Crippen LogP contribution in [0.25, 0.3) is 0 Å². The van der Waals surface area contributed by atoms with Gasteiger partial charge in [0.05, 0.1) is 26.7 Å². The Bertz CT molecular complexity index is 915. The first-order valence-corrected chi connectivity index (χ1v) is 10.6. The molecule has 0 saturated carbocycles. The summed E-state index contributed by atoms with van der Waals surface area (Å²) >= 11 is 0. The van der Waals surface area contributed by atoms with Gasteiger partial charge in [-0.25, -0.2) is 4.79 Å². The monoisotopic (exact) mass is 425 g/mol. The van der Waals surface area contributed by atoms with Crippen LogP contribution in [-0.2, 0) is 17.6 Å². The molecule has 7 heteroatoms. The number of urea groups is 1. The molecule has 1 aliphatic rings. The van der Waals surface area contributed by atoms with Gasteiger partial charge in [-0.3, -0.25) is 4.79 Å². The third-order valence-corrected chi connectivity index (χ3v) is 5.38. The standard InChI is InChI=1S/C24H31N3O4/c1-16(2)26-24(29)27-11-10-18-13-21(30-3)22(31-4)14-19(18)20(27)15-25-23(28)12-17-8-6-5-7-9-17/h5-9,13-14,16,20H,10-12,15H2,1-4H3,(H,25,28)(H,26,29)/t20-/m0/s1. The van der Waals surface area contributed by atoms with Crippen molar-refractivity contribution in [3.63, 3.8) is 0 Å². The second-order valence-corrected chi connectivity index (χ2v) is 7.94. The first kappa shape index (κ1) is 22.5. The van der Waals surface area contributed by atoms with Crippen LogP contribution < -0.4 is 20.1 Å². The summed E-state index contributed by atoms with van der Waals surface area (Å²) in [6.45, 7) is 4.74. The topological polar surface area (TPSA) is 79.9 Å². The molecule has 2 aromatic rings. The summed E-state index contributed by atoms with van der Waals surface area (Å²) in [6, 6.07) is 13.1. The summed E-state index contributed by atoms with van der Waals surface area (Å²) in [6.07, 6.45) is 1.00. The summed E-state index contributed by atoms with van der Waals surface area (Å²) in [4.78, 5) is 27.2. The third kappa shape index (κ3) is 5.48. The number of carbonyl (C=O) groups excluding carboxylic acids is 2. The van der Waals surface area contributed by atoms with E-state index in [4.69, 9.17) is 9.47 Å². The number of nitrogens with one attached hydrogen (secondary N) is 2. The predicted molar refractivity (Wildman–Crippen MR) is 120 cm³/mol. The highest BCUT2D eigenvalue weighted by molar-refractivity contribution is 5.79. The summed E-state index contributed by atoms with van der Waals surface area (Å²) in [5.74, 6) is 1.18. The SMILES string of the molecule is COc1cc2c(cc1OC)[C@H](CNC(=O)Cc1ccccc1)N(C(=O)NC(C)C)CC2. The largest absolute Gasteiger partial charge is 0.493 e. The van der Waals surface area contributed by atoms with E-state index in [0.717, 1.165) is 16.7 Å². The highest BCUT2D eigenvalue weighted by atomic mass is 16.5. The molecule has 3 rings (SSSR count). The summed E-state index contributed by atoms with van der Waals surface area (Å²) in [5, 5.41) is 5.98. The molecular weight excluding hydrogens is 394 g/mol. The molecule has 1 heterocycles. The van der Waals surface area contributed by atoms with Crippen molar-refractivity contribution in [1.82, 2.24) is 15.5 Å². The maximum atomic E-state index is 12.9. The van der Waals surface area contributed by atoms with Gasteiger partial charge in [0, 0.05) is 19.1 Å². The quantitative estimate of drug-likeness (QED) is 0.715. The Morgan fingerprint density at radius 1 is 1.10 bits per heavy atom. The summed E-state index contributed by atoms with van der Waals surface area (Å²) in [5.41, 5.74) is 3.00. The minimum Gasteiger partial charge on any atom is -0.493 e. The number of hydrogen-bond acceptors (Lipinski definition) is 4. The van der Waals surface area contributed by atoms with Gasteiger partial charge < -0.3 is 25.0 Å². The average molecular weight is 426 g/mol. The number of carbonyl (C=O) groups is 2. The average Bonchev–Trinajstić information content (AvgIpc) is 2.76. The molecule has 0 fully saturated rings. The number of benzene rings is 2. The van der Waals surface area contributed by atoms with Gasteiger partial charge in [-0.2, -0.15) is 0 Å². The number of rotatable bonds is 7. The Kier molecular flexibility index (Phi) is 7.39. The zero-order valence-corrected chi connectivity index (χ0v) is 18.6. The van der Waals surface area contributed by atoms with Gasteiger partial charge in [0.15, 0.2) is 11.5 Å². The molecular formula is C24H31N3O4. The minimum absolute atomic E-state index is 0.0209. The van der Waals surface area contributed by atoms with E-state index >= 15 is 0 Å². The first-order valence-electron chi connectivity index (χ1n) is 10.6. The Morgan fingerprint density at radius 2 is 1.77 bits per heavy atom. The smallest absolute Gasteiger partial charge is 0.318 e. The van der Waals surface area contributed by atoms with Crippen LogP contribution in [-0.4, -0.2) is 50.2 Å². The third-order valence-electron chi connectivity index (χ3n) is 5.38. The Balaban J connectivity index is 1.84. The number of nitrogens with zero attached hydrogens (tertiary/aromatic N) is 1. The lowest BCUT2D eigenvalue weighted by molar-refractivity contribution is -0.120. The van der Waals surface area contributed by atoms with E-state index in [-0.39, 0.29) is 24.0 Å². The molecule has 2 aromatic carbocycles. The van der Waals surface area contributed by atoms with Gasteiger partial charge in [-0.15, -0.1) is 0 Å². The van der Waals surface area contributed by atoms with Crippen molar-refractivity contribution in [2.24, 2.45) is 0 Å². The normalized spacial score (nSPS) is 15.3. The van der Waals surface area contributed by atoms with Crippen LogP contribution in [0.5, 0.6) is 11.5 Å². The van der Waals surface area contributed by atoms with Crippen molar-refractivity contribution in [1.29, 1.82) is 0 Å². The van der Waals surface area contributed by atoms with Gasteiger partial charge >= 0.3 is 6.03 Å². The van der Waals surface area contributed by atoms with Gasteiger partial charge in [-0.1, -0.05) is 30.3 Å². The molecule has 0 spiro atoms. The van der Waals surface area contributed by atoms with Crippen LogP contribution in [0.4, 0.5) is 4.79 Å². The molecule has 31 heavy (non-hydrogen) atoms. The molecule has 7 nitrogen and oxygen atoms in total. The summed E-state index contributed by atoms with van der Waals surface area (Å²) < 4.78 is 10.9. The van der Waals surface area contributed by atoms with Crippen molar-refractivity contribution in [2.75, 3.05) is 27.3 Å². The molecule has 0 aromatic heterocycles. The van der Waals surface area contributed by atoms with Crippen LogP contribution >= 0.6 is 0 Å². The lowest BCUT2D eigenvalue weighted by atomic mass is 9.91. The van der Waals surface area contributed by atoms with Crippen molar-refractivity contribution < 1.29 is 19.1 Å². The van der Waals surface area contributed by atoms with Crippen LogP contribution in [0.2, 0.25) is 0 Å². The Hall–Kier alpha value is -3.22. The molecule has 0 radical (unpaired) electrons. The second kappa shape index (κ2) is 10.2. The summed E-state index contributed by atoms with van der Waals surface area (Å²) in [7, 11) is 3.20. The molecule has 0 saturated heterocycles. The predicted octanol–water partition coefficient (Wildman–Crippen LogP) is 3.08. The lowest BCUT2D eigenvalue weighted by Gasteiger charge is -2.38. The highest BCUT2D eigenvalue weighted by Crippen LogP contribution is 2.38. The molecule has 1 aliphatic heterocycles. The van der Waals surface area contributed by atoms with Crippen molar-refractivity contribution in [2.45, 2.75) is 38.8 Å². The minimum atomic E-state index is -0.304. The number of methoxy groups -OCH3 is 2. The van der Waals surface area contributed by atoms with Crippen LogP contribution in [0, 0.1) is 0 Å². The zero-order chi connectivity index (χ0) is 22.4. The van der Waals surface area contributed by atoms with Crippen molar-refractivity contribution in [3.05, 3.63) is 59.2 Å². The van der Waals surface area contributed by atoms with Crippen LogP contribution in [0.1, 0.15) is 36.6 Å². The zero-order valence-electron chi connectivity index (χ0n) is 18.6. The van der Waals surface area contributed by atoms with Gasteiger partial charge in [0.25, 0.3) is 0 Å². The van der Waals surface area contributed by atoms with Gasteiger partial charge in [0.2, 0.25) is 5.91 Å². The van der Waals surface area contributed by atoms with E-state index in [1.54, 1.807) is 19.1 Å². The second-order valence-electron chi connectivity index (χ2n) is 7.94. The van der Waals surface area contributed by atoms with Crippen LogP contribution in [0.15, 0.2) is 42.5 Å². The fourth-order valence-electron chi connectivity index (χ4n) is 3.88. The number of amides is 3. The highest BCUT2D eigenvalue weighted by Gasteiger charge is 2.32. The van der Waals surface area contributed by atoms with E-state index < -0.39 is 0 Å². The van der Waals surface area contributed by atoms with Crippen LogP contribution in [0.3, 0.4) is 0 Å². The molecule has 3 amide bonds. The van der Waals surface area contributed by atoms with E-state index in [1.807, 2.05) is 56.3 Å². The maximum Gasteiger partial charge on any atom is 0.318 e. The maximum absolute atomic E-state index is 12.9. The Labute approximate surface area is 183 Å². The van der Waals surface area contributed by atoms with Gasteiger partial charge in [-0.05, 0) is 49.1 Å². The van der Waals surface area contributed by atoms with E-state index in [2.05, 4.69) is 10.6 Å². The van der Waals surface area contributed by atoms with Gasteiger partial charge in [0.1, 0.15) is 0 Å². The number of fused-ring (bicyclic) bond motifs is 1. The first-order chi connectivity index (χ1) is 14.9. The number of ether oxygens (including phenoxy) is 2. The van der Waals surface area contributed by atoms with E-state index in [0.29, 0.717) is 37.4 Å². The lowest BCUT2D eigenvalue weighted by Crippen LogP contribution is -2.50. The molecule has 2 N–H and O–H groups in total. The number of hydrogen-bond donors (Lipinski definition) is 2.